The molecule has 0 unspecified atom stereocenters. The average Bonchev–Trinajstić information content (AvgIpc) is 2.65. The minimum absolute atomic E-state index is 0.206. The maximum absolute atomic E-state index is 11.2. The zero-order valence-electron chi connectivity index (χ0n) is 11.3. The van der Waals surface area contributed by atoms with Gasteiger partial charge in [-0.1, -0.05) is 0 Å². The summed E-state index contributed by atoms with van der Waals surface area (Å²) in [6.45, 7) is 5.77. The van der Waals surface area contributed by atoms with Crippen molar-refractivity contribution in [2.75, 3.05) is 0 Å². The van der Waals surface area contributed by atoms with Crippen molar-refractivity contribution in [3.8, 4) is 0 Å². The summed E-state index contributed by atoms with van der Waals surface area (Å²) < 4.78 is 1.91. The second kappa shape index (κ2) is 4.81. The normalized spacial score (nSPS) is 12.0. The molecule has 2 heterocycles. The van der Waals surface area contributed by atoms with E-state index in [1.165, 1.54) is 0 Å². The third-order valence-electron chi connectivity index (χ3n) is 3.04. The summed E-state index contributed by atoms with van der Waals surface area (Å²) in [5.74, 6) is 0.596. The molecule has 1 amide bonds. The van der Waals surface area contributed by atoms with E-state index < -0.39 is 5.54 Å². The van der Waals surface area contributed by atoms with E-state index in [4.69, 9.17) is 17.3 Å². The predicted octanol–water partition coefficient (Wildman–Crippen LogP) is 2.09. The molecule has 2 N–H and O–H groups in total. The summed E-state index contributed by atoms with van der Waals surface area (Å²) in [4.78, 5) is 20.2. The Morgan fingerprint density at radius 3 is 2.68 bits per heavy atom. The van der Waals surface area contributed by atoms with Gasteiger partial charge < -0.3 is 10.3 Å². The molecular formula is C13H17ClN4O. The van der Waals surface area contributed by atoms with Crippen molar-refractivity contribution in [1.82, 2.24) is 14.5 Å². The Morgan fingerprint density at radius 2 is 2.11 bits per heavy atom. The van der Waals surface area contributed by atoms with E-state index in [0.717, 1.165) is 16.9 Å². The van der Waals surface area contributed by atoms with Crippen molar-refractivity contribution in [3.05, 3.63) is 23.7 Å². The lowest BCUT2D eigenvalue weighted by molar-refractivity contribution is -0.119. The molecule has 5 nitrogen and oxygen atoms in total. The monoisotopic (exact) mass is 280 g/mol. The molecule has 0 bridgehead atoms. The molecule has 0 saturated heterocycles. The second-order valence-corrected chi connectivity index (χ2v) is 5.52. The standard InChI is InChI=1S/C13H17ClN4O/c1-8-4-5-9-12(16-8)18(11(7-14)17-9)13(2,3)6-10(15)19/h4-5H,6-7H2,1-3H3,(H2,15,19). The van der Waals surface area contributed by atoms with E-state index in [1.807, 2.05) is 37.5 Å². The first-order chi connectivity index (χ1) is 8.85. The van der Waals surface area contributed by atoms with Crippen LogP contribution in [0.5, 0.6) is 0 Å². The minimum Gasteiger partial charge on any atom is -0.370 e. The van der Waals surface area contributed by atoms with Gasteiger partial charge >= 0.3 is 0 Å². The Bertz CT molecular complexity index is 633. The van der Waals surface area contributed by atoms with Gasteiger partial charge in [0.05, 0.1) is 11.4 Å². The number of imidazole rings is 1. The van der Waals surface area contributed by atoms with Crippen molar-refractivity contribution in [1.29, 1.82) is 0 Å². The molecule has 0 aromatic carbocycles. The zero-order valence-corrected chi connectivity index (χ0v) is 12.0. The van der Waals surface area contributed by atoms with Crippen LogP contribution in [0.1, 0.15) is 31.8 Å². The lowest BCUT2D eigenvalue weighted by Gasteiger charge is -2.27. The Kier molecular flexibility index (Phi) is 3.49. The topological polar surface area (TPSA) is 73.8 Å². The lowest BCUT2D eigenvalue weighted by Crippen LogP contribution is -2.33. The Labute approximate surface area is 116 Å². The highest BCUT2D eigenvalue weighted by molar-refractivity contribution is 6.16. The van der Waals surface area contributed by atoms with Crippen LogP contribution in [0.25, 0.3) is 11.2 Å². The highest BCUT2D eigenvalue weighted by Gasteiger charge is 2.28. The SMILES string of the molecule is Cc1ccc2nc(CCl)n(C(C)(C)CC(N)=O)c2n1. The molecule has 0 aliphatic carbocycles. The first-order valence-corrected chi connectivity index (χ1v) is 6.58. The molecule has 6 heteroatoms. The first-order valence-electron chi connectivity index (χ1n) is 6.05. The number of alkyl halides is 1. The van der Waals surface area contributed by atoms with Crippen LogP contribution in [0.15, 0.2) is 12.1 Å². The molecule has 0 fully saturated rings. The zero-order chi connectivity index (χ0) is 14.2. The summed E-state index contributed by atoms with van der Waals surface area (Å²) in [5, 5.41) is 0. The van der Waals surface area contributed by atoms with Crippen LogP contribution in [0.2, 0.25) is 0 Å². The Hall–Kier alpha value is -1.62. The van der Waals surface area contributed by atoms with Crippen molar-refractivity contribution in [2.24, 2.45) is 5.73 Å². The molecule has 2 aromatic rings. The Balaban J connectivity index is 2.68. The number of carbonyl (C=O) groups excluding carboxylic acids is 1. The maximum atomic E-state index is 11.2. The Morgan fingerprint density at radius 1 is 1.42 bits per heavy atom. The third kappa shape index (κ3) is 2.56. The van der Waals surface area contributed by atoms with Crippen molar-refractivity contribution >= 4 is 28.7 Å². The highest BCUT2D eigenvalue weighted by Crippen LogP contribution is 2.28. The molecule has 102 valence electrons. The number of primary amides is 1. The molecule has 19 heavy (non-hydrogen) atoms. The van der Waals surface area contributed by atoms with Gasteiger partial charge in [0.1, 0.15) is 11.3 Å². The molecule has 2 aromatic heterocycles. The fraction of sp³-hybridized carbons (Fsp3) is 0.462. The van der Waals surface area contributed by atoms with Gasteiger partial charge in [-0.15, -0.1) is 11.6 Å². The van der Waals surface area contributed by atoms with Crippen LogP contribution >= 0.6 is 11.6 Å². The van der Waals surface area contributed by atoms with Crippen molar-refractivity contribution < 1.29 is 4.79 Å². The number of aromatic nitrogens is 3. The number of rotatable bonds is 4. The number of carbonyl (C=O) groups is 1. The van der Waals surface area contributed by atoms with Crippen molar-refractivity contribution in [2.45, 2.75) is 38.6 Å². The number of aryl methyl sites for hydroxylation is 1. The summed E-state index contributed by atoms with van der Waals surface area (Å²) in [6.07, 6.45) is 0.206. The summed E-state index contributed by atoms with van der Waals surface area (Å²) in [7, 11) is 0. The van der Waals surface area contributed by atoms with E-state index >= 15 is 0 Å². The van der Waals surface area contributed by atoms with Gasteiger partial charge in [0.25, 0.3) is 0 Å². The smallest absolute Gasteiger partial charge is 0.219 e. The van der Waals surface area contributed by atoms with E-state index in [-0.39, 0.29) is 18.2 Å². The molecule has 0 spiro atoms. The highest BCUT2D eigenvalue weighted by atomic mass is 35.5. The second-order valence-electron chi connectivity index (χ2n) is 5.25. The van der Waals surface area contributed by atoms with Gasteiger partial charge in [0.2, 0.25) is 5.91 Å². The largest absolute Gasteiger partial charge is 0.370 e. The molecule has 0 saturated carbocycles. The molecule has 0 radical (unpaired) electrons. The summed E-state index contributed by atoms with van der Waals surface area (Å²) >= 11 is 5.96. The lowest BCUT2D eigenvalue weighted by atomic mass is 9.99. The molecular weight excluding hydrogens is 264 g/mol. The number of fused-ring (bicyclic) bond motifs is 1. The number of halogens is 1. The van der Waals surface area contributed by atoms with Crippen LogP contribution in [0.3, 0.4) is 0 Å². The predicted molar refractivity (Wildman–Crippen MR) is 75.0 cm³/mol. The van der Waals surface area contributed by atoms with Crippen LogP contribution < -0.4 is 5.73 Å². The maximum Gasteiger partial charge on any atom is 0.219 e. The molecule has 0 aliphatic heterocycles. The van der Waals surface area contributed by atoms with Gasteiger partial charge in [-0.3, -0.25) is 4.79 Å². The van der Waals surface area contributed by atoms with Crippen LogP contribution in [-0.4, -0.2) is 20.4 Å². The molecule has 0 atom stereocenters. The van der Waals surface area contributed by atoms with Crippen LogP contribution in [0, 0.1) is 6.92 Å². The molecule has 2 rings (SSSR count). The summed E-state index contributed by atoms with van der Waals surface area (Å²) in [6, 6.07) is 3.81. The number of hydrogen-bond acceptors (Lipinski definition) is 3. The van der Waals surface area contributed by atoms with Gasteiger partial charge in [0, 0.05) is 12.1 Å². The number of amides is 1. The van der Waals surface area contributed by atoms with Crippen LogP contribution in [-0.2, 0) is 16.2 Å². The van der Waals surface area contributed by atoms with Crippen LogP contribution in [0.4, 0.5) is 0 Å². The van der Waals surface area contributed by atoms with Gasteiger partial charge in [-0.05, 0) is 32.9 Å². The van der Waals surface area contributed by atoms with E-state index in [9.17, 15) is 4.79 Å². The first kappa shape index (κ1) is 13.8. The van der Waals surface area contributed by atoms with Crippen molar-refractivity contribution in [3.63, 3.8) is 0 Å². The quantitative estimate of drug-likeness (QED) is 0.872. The average molecular weight is 281 g/mol. The fourth-order valence-corrected chi connectivity index (χ4v) is 2.51. The fourth-order valence-electron chi connectivity index (χ4n) is 2.33. The minimum atomic E-state index is -0.508. The van der Waals surface area contributed by atoms with E-state index in [1.54, 1.807) is 0 Å². The number of pyridine rings is 1. The van der Waals surface area contributed by atoms with E-state index in [2.05, 4.69) is 9.97 Å². The summed E-state index contributed by atoms with van der Waals surface area (Å²) in [5.41, 5.74) is 7.22. The van der Waals surface area contributed by atoms with E-state index in [0.29, 0.717) is 5.82 Å². The molecule has 0 aliphatic rings. The third-order valence-corrected chi connectivity index (χ3v) is 3.28. The van der Waals surface area contributed by atoms with Gasteiger partial charge in [0.15, 0.2) is 5.65 Å². The number of hydrogen-bond donors (Lipinski definition) is 1. The van der Waals surface area contributed by atoms with Gasteiger partial charge in [-0.2, -0.15) is 0 Å². The number of nitrogens with two attached hydrogens (primary N) is 1. The van der Waals surface area contributed by atoms with Gasteiger partial charge in [-0.25, -0.2) is 9.97 Å². The number of nitrogens with zero attached hydrogens (tertiary/aromatic N) is 3.